The van der Waals surface area contributed by atoms with E-state index in [2.05, 4.69) is 30.6 Å². The third kappa shape index (κ3) is 15.5. The number of alkyl halides is 1. The average Bonchev–Trinajstić information content (AvgIpc) is 3.90. The maximum Gasteiger partial charge on any atom is 0.349 e. The van der Waals surface area contributed by atoms with Crippen molar-refractivity contribution in [1.29, 1.82) is 0 Å². The first kappa shape index (κ1) is 51.5. The number of phenolic OH excluding ortho intramolecular Hbond substituents is 1. The molecule has 0 spiro atoms. The summed E-state index contributed by atoms with van der Waals surface area (Å²) < 4.78 is 31.7. The summed E-state index contributed by atoms with van der Waals surface area (Å²) in [7, 11) is 1.35. The molecule has 6 aromatic rings. The molecule has 0 aliphatic heterocycles. The van der Waals surface area contributed by atoms with Gasteiger partial charge in [-0.15, -0.1) is 0 Å². The van der Waals surface area contributed by atoms with Gasteiger partial charge in [-0.3, -0.25) is 4.79 Å². The van der Waals surface area contributed by atoms with E-state index in [1.54, 1.807) is 72.8 Å². The minimum atomic E-state index is -1.27. The Kier molecular flexibility index (Phi) is 22.2. The number of benzene rings is 4. The SMILES string of the molecule is C.C.CCOCc1coc(-c2cc(Cl)ccc2O)n1.CCOCc1coc(-c2cc(Cl)ccc2OC(C(=O)O)c2cccc(Cl)c2)n1.COC(=O)C(Br)c1cccc(Cl)c1. The lowest BCUT2D eigenvalue weighted by Gasteiger charge is -2.17. The van der Waals surface area contributed by atoms with Crippen molar-refractivity contribution in [2.75, 3.05) is 20.3 Å². The van der Waals surface area contributed by atoms with E-state index < -0.39 is 16.9 Å². The van der Waals surface area contributed by atoms with Gasteiger partial charge in [0.05, 0.1) is 31.5 Å². The molecule has 0 amide bonds. The van der Waals surface area contributed by atoms with Gasteiger partial charge < -0.3 is 38.0 Å². The van der Waals surface area contributed by atoms with Gasteiger partial charge in [-0.1, -0.05) is 101 Å². The molecule has 6 rings (SSSR count). The number of esters is 1. The molecule has 12 nitrogen and oxygen atoms in total. The summed E-state index contributed by atoms with van der Waals surface area (Å²) in [4.78, 5) is 31.0. The van der Waals surface area contributed by atoms with Crippen LogP contribution in [0.3, 0.4) is 0 Å². The van der Waals surface area contributed by atoms with Gasteiger partial charge in [-0.05, 0) is 80.1 Å². The van der Waals surface area contributed by atoms with E-state index in [-0.39, 0.29) is 38.2 Å². The molecule has 322 valence electrons. The van der Waals surface area contributed by atoms with Crippen LogP contribution >= 0.6 is 62.3 Å². The molecule has 0 aliphatic carbocycles. The maximum absolute atomic E-state index is 11.8. The van der Waals surface area contributed by atoms with E-state index in [9.17, 15) is 19.8 Å². The smallest absolute Gasteiger partial charge is 0.349 e. The second-order valence-electron chi connectivity index (χ2n) is 11.7. The predicted octanol–water partition coefficient (Wildman–Crippen LogP) is 12.8. The number of carboxylic acid groups (broad SMARTS) is 1. The Morgan fingerprint density at radius 2 is 1.20 bits per heavy atom. The third-order valence-corrected chi connectivity index (χ3v) is 9.39. The summed E-state index contributed by atoms with van der Waals surface area (Å²) in [5, 5.41) is 21.3. The van der Waals surface area contributed by atoms with Gasteiger partial charge in [0.25, 0.3) is 0 Å². The zero-order valence-corrected chi connectivity index (χ0v) is 35.8. The predicted molar refractivity (Wildman–Crippen MR) is 237 cm³/mol. The highest BCUT2D eigenvalue weighted by molar-refractivity contribution is 9.09. The number of carboxylic acids is 1. The van der Waals surface area contributed by atoms with Crippen molar-refractivity contribution < 1.29 is 47.6 Å². The standard InChI is InChI=1S/C20H17Cl2NO5.C12H12ClNO3.C9H8BrClO2.2CH4/c1-2-26-10-15-11-27-19(23-15)16-9-14(22)6-7-17(16)28-18(20(24)25)12-4-3-5-13(21)8-12;1-2-16-6-9-7-17-12(14-9)10-5-8(13)3-4-11(10)15;1-13-9(12)8(10)6-3-2-4-7(11)5-6;;/h3-9,11,18H,2,10H2,1H3,(H,24,25);3-5,7,15H,2,6H2,1H3;2-5,8H,1H3;2*1H4. The quantitative estimate of drug-likeness (QED) is 0.0785. The number of carbonyl (C=O) groups is 2. The number of ether oxygens (including phenoxy) is 4. The maximum atomic E-state index is 11.8. The van der Waals surface area contributed by atoms with E-state index in [0.717, 1.165) is 5.56 Å². The molecule has 60 heavy (non-hydrogen) atoms. The van der Waals surface area contributed by atoms with Gasteiger partial charge in [0.15, 0.2) is 0 Å². The van der Waals surface area contributed by atoms with Crippen molar-refractivity contribution in [3.05, 3.63) is 140 Å². The van der Waals surface area contributed by atoms with Crippen LogP contribution < -0.4 is 4.74 Å². The molecule has 2 N–H and O–H groups in total. The topological polar surface area (TPSA) is 164 Å². The van der Waals surface area contributed by atoms with E-state index in [1.807, 2.05) is 19.9 Å². The lowest BCUT2D eigenvalue weighted by atomic mass is 10.1. The number of phenols is 1. The van der Waals surface area contributed by atoms with Crippen molar-refractivity contribution >= 4 is 74.3 Å². The molecule has 2 unspecified atom stereocenters. The molecule has 17 heteroatoms. The van der Waals surface area contributed by atoms with Crippen LogP contribution in [0.15, 0.2) is 106 Å². The Hall–Kier alpha value is -4.60. The number of aliphatic carboxylic acids is 1. The van der Waals surface area contributed by atoms with Gasteiger partial charge in [-0.2, -0.15) is 0 Å². The van der Waals surface area contributed by atoms with Crippen LogP contribution in [0.1, 0.15) is 62.1 Å². The first-order valence-electron chi connectivity index (χ1n) is 17.3. The van der Waals surface area contributed by atoms with E-state index in [0.29, 0.717) is 80.5 Å². The van der Waals surface area contributed by atoms with E-state index in [1.165, 1.54) is 25.7 Å². The van der Waals surface area contributed by atoms with Crippen molar-refractivity contribution in [1.82, 2.24) is 9.97 Å². The highest BCUT2D eigenvalue weighted by Crippen LogP contribution is 2.36. The van der Waals surface area contributed by atoms with Crippen molar-refractivity contribution in [2.24, 2.45) is 0 Å². The first-order chi connectivity index (χ1) is 27.8. The first-order valence-corrected chi connectivity index (χ1v) is 19.7. The zero-order valence-electron chi connectivity index (χ0n) is 31.2. The largest absolute Gasteiger partial charge is 0.507 e. The number of halogens is 5. The van der Waals surface area contributed by atoms with Crippen LogP contribution in [0.25, 0.3) is 22.9 Å². The summed E-state index contributed by atoms with van der Waals surface area (Å²) in [6, 6.07) is 23.0. The Balaban J connectivity index is 0.000000332. The van der Waals surface area contributed by atoms with Gasteiger partial charge in [-0.25, -0.2) is 14.8 Å². The number of methoxy groups -OCH3 is 1. The molecule has 0 bridgehead atoms. The average molecular weight is 972 g/mol. The second kappa shape index (κ2) is 25.9. The molecule has 2 heterocycles. The van der Waals surface area contributed by atoms with E-state index >= 15 is 0 Å². The van der Waals surface area contributed by atoms with Gasteiger partial charge >= 0.3 is 11.9 Å². The minimum Gasteiger partial charge on any atom is -0.507 e. The van der Waals surface area contributed by atoms with Crippen LogP contribution in [0.2, 0.25) is 20.1 Å². The van der Waals surface area contributed by atoms with Crippen LogP contribution in [-0.4, -0.2) is 52.4 Å². The highest BCUT2D eigenvalue weighted by atomic mass is 79.9. The van der Waals surface area contributed by atoms with Crippen molar-refractivity contribution in [2.45, 2.75) is 52.8 Å². The molecule has 0 saturated carbocycles. The molecular weight excluding hydrogens is 926 g/mol. The van der Waals surface area contributed by atoms with Crippen molar-refractivity contribution in [3.63, 3.8) is 0 Å². The highest BCUT2D eigenvalue weighted by Gasteiger charge is 2.25. The number of carbonyl (C=O) groups excluding carboxylic acids is 1. The summed E-state index contributed by atoms with van der Waals surface area (Å²) >= 11 is 26.9. The number of nitrogens with zero attached hydrogens (tertiary/aromatic N) is 2. The van der Waals surface area contributed by atoms with Crippen LogP contribution in [-0.2, 0) is 37.0 Å². The lowest BCUT2D eigenvalue weighted by molar-refractivity contribution is -0.145. The zero-order chi connectivity index (χ0) is 42.2. The van der Waals surface area contributed by atoms with E-state index in [4.69, 9.17) is 69.4 Å². The molecule has 2 atom stereocenters. The normalized spacial score (nSPS) is 11.3. The Morgan fingerprint density at radius 3 is 1.72 bits per heavy atom. The fourth-order valence-electron chi connectivity index (χ4n) is 4.82. The van der Waals surface area contributed by atoms with Gasteiger partial charge in [0, 0.05) is 38.9 Å². The molecular formula is C43H45BrCl4N2O10. The van der Waals surface area contributed by atoms with Crippen LogP contribution in [0.5, 0.6) is 11.5 Å². The number of hydrogen-bond acceptors (Lipinski definition) is 11. The van der Waals surface area contributed by atoms with Gasteiger partial charge in [0.1, 0.15) is 40.2 Å². The van der Waals surface area contributed by atoms with Gasteiger partial charge in [0.2, 0.25) is 17.9 Å². The summed E-state index contributed by atoms with van der Waals surface area (Å²) in [5.41, 5.74) is 3.39. The summed E-state index contributed by atoms with van der Waals surface area (Å²) in [5.74, 6) is -0.558. The fraction of sp³-hybridized carbons (Fsp3) is 0.256. The van der Waals surface area contributed by atoms with Crippen molar-refractivity contribution in [3.8, 4) is 34.4 Å². The number of hydrogen-bond donors (Lipinski definition) is 2. The fourth-order valence-corrected chi connectivity index (χ4v) is 6.03. The number of aromatic nitrogens is 2. The second-order valence-corrected chi connectivity index (χ2v) is 14.4. The van der Waals surface area contributed by atoms with Crippen LogP contribution in [0, 0.1) is 0 Å². The molecule has 0 aliphatic rings. The Bertz CT molecular complexity index is 2270. The lowest BCUT2D eigenvalue weighted by Crippen LogP contribution is -2.18. The number of aromatic hydroxyl groups is 1. The van der Waals surface area contributed by atoms with Crippen LogP contribution in [0.4, 0.5) is 0 Å². The monoisotopic (exact) mass is 968 g/mol. The minimum absolute atomic E-state index is 0. The Labute approximate surface area is 377 Å². The summed E-state index contributed by atoms with van der Waals surface area (Å²) in [6.07, 6.45) is 1.71. The number of oxazole rings is 2. The molecule has 0 saturated heterocycles. The number of rotatable bonds is 14. The third-order valence-electron chi connectivity index (χ3n) is 7.54. The summed E-state index contributed by atoms with van der Waals surface area (Å²) in [6.45, 7) is 5.65. The molecule has 4 aromatic carbocycles. The molecule has 0 fully saturated rings. The Morgan fingerprint density at radius 1 is 0.717 bits per heavy atom. The molecule has 2 aromatic heterocycles. The molecule has 0 radical (unpaired) electrons.